The number of pyridine rings is 1. The summed E-state index contributed by atoms with van der Waals surface area (Å²) >= 11 is 0. The Morgan fingerprint density at radius 2 is 2.06 bits per heavy atom. The molecule has 0 unspecified atom stereocenters. The first-order valence-corrected chi connectivity index (χ1v) is 5.93. The number of hydrogen-bond acceptors (Lipinski definition) is 7. The highest BCUT2D eigenvalue weighted by atomic mass is 16.6. The number of fused-ring (bicyclic) bond motifs is 1. The molecule has 0 aromatic carbocycles. The number of morpholine rings is 1. The van der Waals surface area contributed by atoms with E-state index in [1.54, 1.807) is 0 Å². The fraction of sp³-hybridized carbons (Fsp3) is 0.545. The van der Waals surface area contributed by atoms with Crippen molar-refractivity contribution in [1.29, 1.82) is 0 Å². The monoisotopic (exact) mass is 249 g/mol. The van der Waals surface area contributed by atoms with Crippen LogP contribution in [0.2, 0.25) is 0 Å². The standard InChI is InChI=1S/C11H15N5O2/c1-7-8(6-16-2-4-17-5-3-16)9(12)10-11(13-7)15-18-14-10/h2-6,12H2,1H3. The molecule has 96 valence electrons. The van der Waals surface area contributed by atoms with Gasteiger partial charge in [-0.2, -0.15) is 0 Å². The van der Waals surface area contributed by atoms with Crippen molar-refractivity contribution < 1.29 is 9.37 Å². The molecule has 0 atom stereocenters. The van der Waals surface area contributed by atoms with Crippen LogP contribution in [0.3, 0.4) is 0 Å². The minimum atomic E-state index is 0.468. The number of aryl methyl sites for hydroxylation is 1. The van der Waals surface area contributed by atoms with E-state index >= 15 is 0 Å². The van der Waals surface area contributed by atoms with Crippen LogP contribution in [-0.4, -0.2) is 46.5 Å². The lowest BCUT2D eigenvalue weighted by Gasteiger charge is -2.27. The van der Waals surface area contributed by atoms with Gasteiger partial charge in [0.15, 0.2) is 5.52 Å². The molecule has 1 fully saturated rings. The van der Waals surface area contributed by atoms with Crippen LogP contribution in [0.4, 0.5) is 5.69 Å². The lowest BCUT2D eigenvalue weighted by Crippen LogP contribution is -2.36. The smallest absolute Gasteiger partial charge is 0.226 e. The molecule has 0 aliphatic carbocycles. The van der Waals surface area contributed by atoms with E-state index in [4.69, 9.17) is 10.5 Å². The zero-order valence-electron chi connectivity index (χ0n) is 10.2. The highest BCUT2D eigenvalue weighted by Gasteiger charge is 2.18. The molecule has 0 spiro atoms. The number of hydrogen-bond donors (Lipinski definition) is 1. The van der Waals surface area contributed by atoms with Gasteiger partial charge in [-0.1, -0.05) is 0 Å². The summed E-state index contributed by atoms with van der Waals surface area (Å²) in [5.41, 5.74) is 9.63. The Labute approximate surface area is 104 Å². The van der Waals surface area contributed by atoms with E-state index in [-0.39, 0.29) is 0 Å². The Hall–Kier alpha value is -1.73. The van der Waals surface area contributed by atoms with Crippen molar-refractivity contribution in [3.63, 3.8) is 0 Å². The molecule has 2 aromatic rings. The minimum absolute atomic E-state index is 0.468. The molecule has 2 N–H and O–H groups in total. The SMILES string of the molecule is Cc1nc2nonc2c(N)c1CN1CCOCC1. The number of nitrogens with two attached hydrogens (primary N) is 1. The van der Waals surface area contributed by atoms with Crippen LogP contribution in [-0.2, 0) is 11.3 Å². The summed E-state index contributed by atoms with van der Waals surface area (Å²) < 4.78 is 10.00. The van der Waals surface area contributed by atoms with Gasteiger partial charge in [-0.05, 0) is 17.2 Å². The Morgan fingerprint density at radius 1 is 1.28 bits per heavy atom. The van der Waals surface area contributed by atoms with E-state index in [2.05, 4.69) is 24.8 Å². The topological polar surface area (TPSA) is 90.3 Å². The number of nitrogen functional groups attached to an aromatic ring is 1. The van der Waals surface area contributed by atoms with Crippen molar-refractivity contribution in [2.75, 3.05) is 32.0 Å². The first-order chi connectivity index (χ1) is 8.75. The van der Waals surface area contributed by atoms with E-state index in [1.807, 2.05) is 6.92 Å². The zero-order chi connectivity index (χ0) is 12.5. The molecule has 3 heterocycles. The maximum atomic E-state index is 6.12. The molecule has 0 bridgehead atoms. The fourth-order valence-electron chi connectivity index (χ4n) is 2.17. The number of rotatable bonds is 2. The maximum absolute atomic E-state index is 6.12. The van der Waals surface area contributed by atoms with E-state index in [9.17, 15) is 0 Å². The van der Waals surface area contributed by atoms with Gasteiger partial charge in [0, 0.05) is 30.9 Å². The van der Waals surface area contributed by atoms with Crippen molar-refractivity contribution in [2.24, 2.45) is 0 Å². The van der Waals surface area contributed by atoms with Gasteiger partial charge in [0.2, 0.25) is 5.65 Å². The number of nitrogens with zero attached hydrogens (tertiary/aromatic N) is 4. The summed E-state index contributed by atoms with van der Waals surface area (Å²) in [6, 6.07) is 0. The summed E-state index contributed by atoms with van der Waals surface area (Å²) in [5, 5.41) is 7.51. The predicted octanol–water partition coefficient (Wildman–Crippen LogP) is 0.341. The summed E-state index contributed by atoms with van der Waals surface area (Å²) in [7, 11) is 0. The molecule has 7 nitrogen and oxygen atoms in total. The molecule has 3 rings (SSSR count). The van der Waals surface area contributed by atoms with E-state index in [0.29, 0.717) is 16.9 Å². The molecular weight excluding hydrogens is 234 g/mol. The van der Waals surface area contributed by atoms with Crippen molar-refractivity contribution in [3.05, 3.63) is 11.3 Å². The molecule has 0 saturated carbocycles. The largest absolute Gasteiger partial charge is 0.396 e. The zero-order valence-corrected chi connectivity index (χ0v) is 10.2. The second kappa shape index (κ2) is 4.51. The third-order valence-corrected chi connectivity index (χ3v) is 3.25. The van der Waals surface area contributed by atoms with Gasteiger partial charge in [-0.3, -0.25) is 4.90 Å². The predicted molar refractivity (Wildman–Crippen MR) is 64.8 cm³/mol. The molecular formula is C11H15N5O2. The van der Waals surface area contributed by atoms with Gasteiger partial charge in [-0.25, -0.2) is 9.61 Å². The molecule has 1 aliphatic rings. The van der Waals surface area contributed by atoms with Crippen LogP contribution in [0.25, 0.3) is 11.2 Å². The Morgan fingerprint density at radius 3 is 2.83 bits per heavy atom. The summed E-state index contributed by atoms with van der Waals surface area (Å²) in [5.74, 6) is 0. The lowest BCUT2D eigenvalue weighted by molar-refractivity contribution is 0.0341. The van der Waals surface area contributed by atoms with Gasteiger partial charge in [0.1, 0.15) is 0 Å². The molecule has 0 radical (unpaired) electrons. The summed E-state index contributed by atoms with van der Waals surface area (Å²) in [4.78, 5) is 6.65. The lowest BCUT2D eigenvalue weighted by atomic mass is 10.1. The summed E-state index contributed by atoms with van der Waals surface area (Å²) in [6.07, 6.45) is 0. The third kappa shape index (κ3) is 1.91. The normalized spacial score (nSPS) is 17.4. The fourth-order valence-corrected chi connectivity index (χ4v) is 2.17. The third-order valence-electron chi connectivity index (χ3n) is 3.25. The van der Waals surface area contributed by atoms with Gasteiger partial charge in [0.05, 0.1) is 18.9 Å². The van der Waals surface area contributed by atoms with Crippen molar-refractivity contribution in [3.8, 4) is 0 Å². The van der Waals surface area contributed by atoms with Gasteiger partial charge in [-0.15, -0.1) is 0 Å². The van der Waals surface area contributed by atoms with Crippen LogP contribution in [0.1, 0.15) is 11.3 Å². The molecule has 7 heteroatoms. The van der Waals surface area contributed by atoms with E-state index in [1.165, 1.54) is 0 Å². The second-order valence-electron chi connectivity index (χ2n) is 4.41. The number of anilines is 1. The molecule has 18 heavy (non-hydrogen) atoms. The van der Waals surface area contributed by atoms with Crippen LogP contribution < -0.4 is 5.73 Å². The second-order valence-corrected chi connectivity index (χ2v) is 4.41. The molecule has 0 amide bonds. The average molecular weight is 249 g/mol. The van der Waals surface area contributed by atoms with Crippen molar-refractivity contribution in [1.82, 2.24) is 20.2 Å². The van der Waals surface area contributed by atoms with Crippen LogP contribution in [0, 0.1) is 6.92 Å². The average Bonchev–Trinajstić information content (AvgIpc) is 2.84. The number of aromatic nitrogens is 3. The Balaban J connectivity index is 1.94. The first kappa shape index (κ1) is 11.4. The molecule has 1 aliphatic heterocycles. The molecule has 2 aromatic heterocycles. The highest BCUT2D eigenvalue weighted by molar-refractivity contribution is 5.85. The molecule has 1 saturated heterocycles. The highest BCUT2D eigenvalue weighted by Crippen LogP contribution is 2.24. The summed E-state index contributed by atoms with van der Waals surface area (Å²) in [6.45, 7) is 6.04. The van der Waals surface area contributed by atoms with E-state index < -0.39 is 0 Å². The number of ether oxygens (including phenoxy) is 1. The minimum Gasteiger partial charge on any atom is -0.396 e. The van der Waals surface area contributed by atoms with Gasteiger partial charge < -0.3 is 10.5 Å². The van der Waals surface area contributed by atoms with Crippen LogP contribution in [0.5, 0.6) is 0 Å². The van der Waals surface area contributed by atoms with Crippen molar-refractivity contribution in [2.45, 2.75) is 13.5 Å². The quantitative estimate of drug-likeness (QED) is 0.820. The van der Waals surface area contributed by atoms with E-state index in [0.717, 1.165) is 44.1 Å². The maximum Gasteiger partial charge on any atom is 0.226 e. The van der Waals surface area contributed by atoms with Crippen LogP contribution in [0.15, 0.2) is 4.63 Å². The van der Waals surface area contributed by atoms with Gasteiger partial charge >= 0.3 is 0 Å². The van der Waals surface area contributed by atoms with Crippen molar-refractivity contribution >= 4 is 16.9 Å². The van der Waals surface area contributed by atoms with Crippen LogP contribution >= 0.6 is 0 Å². The van der Waals surface area contributed by atoms with Gasteiger partial charge in [0.25, 0.3) is 0 Å². The first-order valence-electron chi connectivity index (χ1n) is 5.93. The Bertz CT molecular complexity index is 562. The Kier molecular flexibility index (Phi) is 2.85.